The molecule has 10 heteroatoms. The number of benzene rings is 1. The Morgan fingerprint density at radius 3 is 2.49 bits per heavy atom. The molecule has 3 aromatic rings. The Labute approximate surface area is 223 Å². The highest BCUT2D eigenvalue weighted by Crippen LogP contribution is 2.36. The van der Waals surface area contributed by atoms with Crippen molar-refractivity contribution >= 4 is 29.0 Å². The number of hydrogen-bond acceptors (Lipinski definition) is 7. The van der Waals surface area contributed by atoms with Gasteiger partial charge >= 0.3 is 0 Å². The summed E-state index contributed by atoms with van der Waals surface area (Å²) < 4.78 is 1.85. The summed E-state index contributed by atoms with van der Waals surface area (Å²) in [6.07, 6.45) is 9.96. The highest BCUT2D eigenvalue weighted by molar-refractivity contribution is 7.80. The van der Waals surface area contributed by atoms with Gasteiger partial charge in [0.1, 0.15) is 0 Å². The van der Waals surface area contributed by atoms with E-state index in [1.807, 2.05) is 59.7 Å². The number of nitrogens with zero attached hydrogens (tertiary/aromatic N) is 7. The molecule has 0 saturated carbocycles. The molecule has 4 unspecified atom stereocenters. The molecule has 4 atom stereocenters. The zero-order valence-electron chi connectivity index (χ0n) is 21.1. The van der Waals surface area contributed by atoms with Crippen LogP contribution in [-0.2, 0) is 0 Å². The summed E-state index contributed by atoms with van der Waals surface area (Å²) in [5.74, 6) is 2.44. The fourth-order valence-corrected chi connectivity index (χ4v) is 6.29. The van der Waals surface area contributed by atoms with Crippen LogP contribution in [0, 0.1) is 11.8 Å². The molecule has 4 saturated heterocycles. The van der Waals surface area contributed by atoms with Crippen molar-refractivity contribution in [3.63, 3.8) is 0 Å². The maximum absolute atomic E-state index is 5.60. The number of hydrogen-bond donors (Lipinski definition) is 2. The first kappa shape index (κ1) is 24.3. The topological polar surface area (TPSA) is 77.4 Å². The largest absolute Gasteiger partial charge is 0.361 e. The molecule has 4 aliphatic heterocycles. The number of piperazine rings is 1. The third-order valence-corrected chi connectivity index (χ3v) is 8.35. The summed E-state index contributed by atoms with van der Waals surface area (Å²) in [4.78, 5) is 16.5. The smallest absolute Gasteiger partial charge is 0.225 e. The number of aromatic nitrogens is 4. The van der Waals surface area contributed by atoms with Gasteiger partial charge in [0.2, 0.25) is 5.95 Å². The lowest BCUT2D eigenvalue weighted by atomic mass is 9.75. The van der Waals surface area contributed by atoms with Crippen LogP contribution in [0.25, 0.3) is 5.69 Å². The number of nitrogens with one attached hydrogen (secondary N) is 2. The Morgan fingerprint density at radius 2 is 1.78 bits per heavy atom. The zero-order chi connectivity index (χ0) is 25.0. The third kappa shape index (κ3) is 5.76. The minimum atomic E-state index is 0.559. The number of piperidine rings is 3. The van der Waals surface area contributed by atoms with Crippen LogP contribution in [0.4, 0.5) is 11.6 Å². The molecule has 2 bridgehead atoms. The normalized spacial score (nSPS) is 25.7. The molecule has 4 fully saturated rings. The van der Waals surface area contributed by atoms with Crippen LogP contribution >= 0.6 is 12.2 Å². The minimum Gasteiger partial charge on any atom is -0.361 e. The van der Waals surface area contributed by atoms with Gasteiger partial charge in [0.25, 0.3) is 0 Å². The summed E-state index contributed by atoms with van der Waals surface area (Å²) in [5, 5.41) is 11.8. The summed E-state index contributed by atoms with van der Waals surface area (Å²) in [5.41, 5.74) is 2.01. The molecule has 0 amide bonds. The predicted octanol–water partition coefficient (Wildman–Crippen LogP) is 2.48. The van der Waals surface area contributed by atoms with Crippen LogP contribution in [-0.4, -0.2) is 93.1 Å². The van der Waals surface area contributed by atoms with Crippen molar-refractivity contribution in [1.82, 2.24) is 34.9 Å². The van der Waals surface area contributed by atoms with Crippen LogP contribution in [0.3, 0.4) is 0 Å². The van der Waals surface area contributed by atoms with Gasteiger partial charge in [-0.1, -0.05) is 0 Å². The zero-order valence-corrected chi connectivity index (χ0v) is 21.9. The fourth-order valence-electron chi connectivity index (χ4n) is 6.09. The molecule has 2 N–H and O–H groups in total. The fraction of sp³-hybridized carbons (Fsp3) is 0.481. The lowest BCUT2D eigenvalue weighted by molar-refractivity contribution is -0.0110. The van der Waals surface area contributed by atoms with E-state index in [4.69, 9.17) is 12.2 Å². The van der Waals surface area contributed by atoms with E-state index in [0.717, 1.165) is 61.9 Å². The molecule has 0 aliphatic carbocycles. The molecule has 4 aliphatic rings. The molecule has 2 aromatic heterocycles. The second kappa shape index (κ2) is 11.1. The van der Waals surface area contributed by atoms with Gasteiger partial charge in [-0.3, -0.25) is 9.80 Å². The van der Waals surface area contributed by atoms with Crippen LogP contribution in [0.2, 0.25) is 0 Å². The number of rotatable bonds is 7. The maximum atomic E-state index is 5.60. The SMILES string of the molecule is S=C(NCC1CC2CCN1CC2CN1CCN(c2ncccn2)CC1)Nc1ccc(-n2cccn2)cc1. The van der Waals surface area contributed by atoms with E-state index in [2.05, 4.69) is 40.4 Å². The van der Waals surface area contributed by atoms with E-state index in [-0.39, 0.29) is 0 Å². The van der Waals surface area contributed by atoms with Gasteiger partial charge < -0.3 is 15.5 Å². The summed E-state index contributed by atoms with van der Waals surface area (Å²) in [6.45, 7) is 8.72. The number of fused-ring (bicyclic) bond motifs is 3. The number of thiocarbonyl (C=S) groups is 1. The standard InChI is InChI=1S/C27H35N9S/c37-27(32-23-3-5-24(6-4-23)36-11-2-10-31-36)30-18-25-17-21-7-12-35(25)20-22(21)19-33-13-15-34(16-14-33)26-28-8-1-9-29-26/h1-6,8-11,21-22,25H,7,12-20H2,(H2,30,32,37). The summed E-state index contributed by atoms with van der Waals surface area (Å²) in [6, 6.07) is 12.5. The molecule has 6 heterocycles. The Morgan fingerprint density at radius 1 is 0.973 bits per heavy atom. The van der Waals surface area contributed by atoms with Crippen LogP contribution in [0.15, 0.2) is 61.2 Å². The van der Waals surface area contributed by atoms with E-state index < -0.39 is 0 Å². The van der Waals surface area contributed by atoms with Crippen molar-refractivity contribution in [3.05, 3.63) is 61.2 Å². The Hall–Kier alpha value is -3.08. The lowest BCUT2D eigenvalue weighted by Gasteiger charge is -2.51. The summed E-state index contributed by atoms with van der Waals surface area (Å²) in [7, 11) is 0. The van der Waals surface area contributed by atoms with Crippen molar-refractivity contribution in [2.75, 3.05) is 62.6 Å². The number of anilines is 2. The maximum Gasteiger partial charge on any atom is 0.225 e. The molecular weight excluding hydrogens is 482 g/mol. The molecule has 0 radical (unpaired) electrons. The first-order valence-corrected chi connectivity index (χ1v) is 13.8. The average Bonchev–Trinajstić information content (AvgIpc) is 3.49. The third-order valence-electron chi connectivity index (χ3n) is 8.11. The second-order valence-electron chi connectivity index (χ2n) is 10.4. The molecular formula is C27H35N9S. The van der Waals surface area contributed by atoms with Crippen LogP contribution in [0.5, 0.6) is 0 Å². The van der Waals surface area contributed by atoms with E-state index in [1.54, 1.807) is 6.20 Å². The van der Waals surface area contributed by atoms with E-state index in [9.17, 15) is 0 Å². The van der Waals surface area contributed by atoms with Crippen molar-refractivity contribution in [2.45, 2.75) is 18.9 Å². The van der Waals surface area contributed by atoms with Gasteiger partial charge in [0.15, 0.2) is 5.11 Å². The molecule has 9 nitrogen and oxygen atoms in total. The molecule has 0 spiro atoms. The second-order valence-corrected chi connectivity index (χ2v) is 10.8. The van der Waals surface area contributed by atoms with Gasteiger partial charge in [0.05, 0.1) is 5.69 Å². The van der Waals surface area contributed by atoms with Gasteiger partial charge in [-0.2, -0.15) is 5.10 Å². The highest BCUT2D eigenvalue weighted by Gasteiger charge is 2.40. The van der Waals surface area contributed by atoms with E-state index >= 15 is 0 Å². The van der Waals surface area contributed by atoms with E-state index in [1.165, 1.54) is 32.5 Å². The quantitative estimate of drug-likeness (QED) is 0.460. The Balaban J connectivity index is 0.939. The highest BCUT2D eigenvalue weighted by atomic mass is 32.1. The molecule has 1 aromatic carbocycles. The monoisotopic (exact) mass is 517 g/mol. The van der Waals surface area contributed by atoms with Crippen LogP contribution in [0.1, 0.15) is 12.8 Å². The van der Waals surface area contributed by atoms with Crippen molar-refractivity contribution in [3.8, 4) is 5.69 Å². The predicted molar refractivity (Wildman–Crippen MR) is 150 cm³/mol. The lowest BCUT2D eigenvalue weighted by Crippen LogP contribution is -2.59. The first-order chi connectivity index (χ1) is 18.2. The van der Waals surface area contributed by atoms with Crippen molar-refractivity contribution < 1.29 is 0 Å². The Kier molecular flexibility index (Phi) is 7.29. The molecule has 7 rings (SSSR count). The summed E-state index contributed by atoms with van der Waals surface area (Å²) >= 11 is 5.60. The van der Waals surface area contributed by atoms with Crippen molar-refractivity contribution in [1.29, 1.82) is 0 Å². The van der Waals surface area contributed by atoms with Gasteiger partial charge in [-0.05, 0) is 79.8 Å². The first-order valence-electron chi connectivity index (χ1n) is 13.3. The minimum absolute atomic E-state index is 0.559. The average molecular weight is 518 g/mol. The molecule has 37 heavy (non-hydrogen) atoms. The molecule has 194 valence electrons. The van der Waals surface area contributed by atoms with Crippen LogP contribution < -0.4 is 15.5 Å². The Bertz CT molecular complexity index is 1150. The van der Waals surface area contributed by atoms with Crippen molar-refractivity contribution in [2.24, 2.45) is 11.8 Å². The van der Waals surface area contributed by atoms with E-state index in [0.29, 0.717) is 11.2 Å². The van der Waals surface area contributed by atoms with Gasteiger partial charge in [0, 0.05) is 82.3 Å². The van der Waals surface area contributed by atoms with Gasteiger partial charge in [-0.25, -0.2) is 14.6 Å². The van der Waals surface area contributed by atoms with Gasteiger partial charge in [-0.15, -0.1) is 0 Å².